The number of carbonyl (C=O) groups is 3. The Morgan fingerprint density at radius 3 is 1.89 bits per heavy atom. The van der Waals surface area contributed by atoms with Gasteiger partial charge in [-0.05, 0) is 24.1 Å². The largest absolute Gasteiger partial charge is 0.490 e. The van der Waals surface area contributed by atoms with Crippen LogP contribution in [0.4, 0.5) is 17.6 Å². The third kappa shape index (κ3) is 3.90. The SMILES string of the molecule is O=C(O)C(F)(F)F.O=C(O)[C@@]12CN(Cc3ccc(F)c(Cl)c3)C[C@]1(C(=O)O)C2. The molecule has 1 saturated carbocycles. The van der Waals surface area contributed by atoms with E-state index in [1.165, 1.54) is 12.1 Å². The number of rotatable bonds is 4. The Kier molecular flexibility index (Phi) is 5.64. The van der Waals surface area contributed by atoms with Crippen LogP contribution in [0.15, 0.2) is 18.2 Å². The number of piperidine rings is 1. The smallest absolute Gasteiger partial charge is 0.481 e. The molecule has 1 aliphatic carbocycles. The number of carboxylic acid groups (broad SMARTS) is 3. The van der Waals surface area contributed by atoms with Gasteiger partial charge in [0.1, 0.15) is 5.82 Å². The molecule has 7 nitrogen and oxygen atoms in total. The van der Waals surface area contributed by atoms with Gasteiger partial charge in [0.15, 0.2) is 0 Å². The fourth-order valence-electron chi connectivity index (χ4n) is 3.41. The summed E-state index contributed by atoms with van der Waals surface area (Å²) in [4.78, 5) is 33.5. The lowest BCUT2D eigenvalue weighted by molar-refractivity contribution is -0.192. The maximum Gasteiger partial charge on any atom is 0.490 e. The molecular formula is C16H14ClF4NO6. The molecule has 3 N–H and O–H groups in total. The van der Waals surface area contributed by atoms with Crippen LogP contribution in [0.3, 0.4) is 0 Å². The molecule has 0 radical (unpaired) electrons. The molecule has 28 heavy (non-hydrogen) atoms. The number of alkyl halides is 3. The van der Waals surface area contributed by atoms with E-state index in [-0.39, 0.29) is 24.5 Å². The molecule has 1 aromatic carbocycles. The van der Waals surface area contributed by atoms with Crippen molar-refractivity contribution in [2.75, 3.05) is 13.1 Å². The first-order chi connectivity index (χ1) is 12.7. The first-order valence-electron chi connectivity index (χ1n) is 7.68. The standard InChI is InChI=1S/C14H13ClFNO4.C2HF3O2/c15-9-3-8(1-2-10(9)16)4-17-6-13(11(18)19)5-14(13,7-17)12(20)21;3-2(4,5)1(6)7/h1-3H,4-7H2,(H,18,19)(H,20,21);(H,6,7)/t13-,14+;. The summed E-state index contributed by atoms with van der Waals surface area (Å²) < 4.78 is 44.9. The van der Waals surface area contributed by atoms with Gasteiger partial charge in [0.05, 0.1) is 15.9 Å². The highest BCUT2D eigenvalue weighted by Crippen LogP contribution is 2.68. The van der Waals surface area contributed by atoms with E-state index in [4.69, 9.17) is 21.5 Å². The van der Waals surface area contributed by atoms with E-state index in [2.05, 4.69) is 0 Å². The topological polar surface area (TPSA) is 115 Å². The highest BCUT2D eigenvalue weighted by Gasteiger charge is 2.80. The van der Waals surface area contributed by atoms with Crippen LogP contribution in [0.25, 0.3) is 0 Å². The third-order valence-corrected chi connectivity index (χ3v) is 5.12. The number of halogens is 5. The van der Waals surface area contributed by atoms with Gasteiger partial charge in [-0.2, -0.15) is 13.2 Å². The van der Waals surface area contributed by atoms with Gasteiger partial charge in [-0.25, -0.2) is 9.18 Å². The number of nitrogens with zero attached hydrogens (tertiary/aromatic N) is 1. The fourth-order valence-corrected chi connectivity index (χ4v) is 3.61. The summed E-state index contributed by atoms with van der Waals surface area (Å²) in [6.45, 7) is 0.720. The molecule has 1 saturated heterocycles. The Morgan fingerprint density at radius 2 is 1.54 bits per heavy atom. The molecule has 2 fully saturated rings. The molecule has 2 atom stereocenters. The second kappa shape index (κ2) is 7.21. The second-order valence-electron chi connectivity index (χ2n) is 6.65. The van der Waals surface area contributed by atoms with Crippen LogP contribution in [0.5, 0.6) is 0 Å². The van der Waals surface area contributed by atoms with Crippen LogP contribution in [0.2, 0.25) is 5.02 Å². The van der Waals surface area contributed by atoms with E-state index in [1.807, 2.05) is 0 Å². The van der Waals surface area contributed by atoms with Crippen molar-refractivity contribution in [1.82, 2.24) is 4.90 Å². The molecule has 1 aromatic rings. The van der Waals surface area contributed by atoms with Crippen LogP contribution in [0, 0.1) is 16.6 Å². The quantitative estimate of drug-likeness (QED) is 0.632. The number of fused-ring (bicyclic) bond motifs is 1. The first kappa shape index (κ1) is 21.9. The molecule has 12 heteroatoms. The number of likely N-dealkylation sites (tertiary alicyclic amines) is 1. The second-order valence-corrected chi connectivity index (χ2v) is 7.06. The van der Waals surface area contributed by atoms with Crippen LogP contribution < -0.4 is 0 Å². The van der Waals surface area contributed by atoms with Gasteiger partial charge in [0.2, 0.25) is 0 Å². The highest BCUT2D eigenvalue weighted by atomic mass is 35.5. The van der Waals surface area contributed by atoms with Gasteiger partial charge in [0.25, 0.3) is 0 Å². The Morgan fingerprint density at radius 1 is 1.07 bits per heavy atom. The maximum atomic E-state index is 13.1. The van der Waals surface area contributed by atoms with Crippen molar-refractivity contribution in [3.8, 4) is 0 Å². The van der Waals surface area contributed by atoms with E-state index in [1.54, 1.807) is 11.0 Å². The summed E-state index contributed by atoms with van der Waals surface area (Å²) in [5, 5.41) is 25.8. The van der Waals surface area contributed by atoms with Crippen molar-refractivity contribution in [3.63, 3.8) is 0 Å². The summed E-state index contributed by atoms with van der Waals surface area (Å²) in [6, 6.07) is 4.28. The Balaban J connectivity index is 0.000000345. The van der Waals surface area contributed by atoms with Crippen molar-refractivity contribution in [2.45, 2.75) is 19.1 Å². The molecule has 0 spiro atoms. The minimum absolute atomic E-state index is 0.00208. The molecule has 154 valence electrons. The van der Waals surface area contributed by atoms with Crippen LogP contribution >= 0.6 is 11.6 Å². The summed E-state index contributed by atoms with van der Waals surface area (Å²) in [5.74, 6) is -5.41. The minimum Gasteiger partial charge on any atom is -0.481 e. The highest BCUT2D eigenvalue weighted by molar-refractivity contribution is 6.30. The average molecular weight is 428 g/mol. The maximum absolute atomic E-state index is 13.1. The fraction of sp³-hybridized carbons (Fsp3) is 0.438. The lowest BCUT2D eigenvalue weighted by Crippen LogP contribution is -2.28. The molecular weight excluding hydrogens is 414 g/mol. The molecule has 1 aliphatic heterocycles. The molecule has 1 heterocycles. The molecule has 2 aliphatic rings. The molecule has 0 unspecified atom stereocenters. The van der Waals surface area contributed by atoms with E-state index < -0.39 is 40.7 Å². The van der Waals surface area contributed by atoms with Crippen molar-refractivity contribution < 1.29 is 47.3 Å². The number of hydrogen-bond acceptors (Lipinski definition) is 4. The number of hydrogen-bond donors (Lipinski definition) is 3. The normalized spacial score (nSPS) is 26.0. The zero-order chi connectivity index (χ0) is 21.5. The molecule has 0 amide bonds. The molecule has 3 rings (SSSR count). The van der Waals surface area contributed by atoms with Crippen LogP contribution in [0.1, 0.15) is 12.0 Å². The predicted molar refractivity (Wildman–Crippen MR) is 85.1 cm³/mol. The zero-order valence-corrected chi connectivity index (χ0v) is 14.7. The third-order valence-electron chi connectivity index (χ3n) is 4.83. The molecule has 0 aromatic heterocycles. The minimum atomic E-state index is -5.08. The average Bonchev–Trinajstić information content (AvgIpc) is 3.10. The monoisotopic (exact) mass is 427 g/mol. The number of carboxylic acids is 3. The summed E-state index contributed by atoms with van der Waals surface area (Å²) >= 11 is 5.71. The van der Waals surface area contributed by atoms with Gasteiger partial charge in [-0.3, -0.25) is 14.5 Å². The van der Waals surface area contributed by atoms with Crippen molar-refractivity contribution >= 4 is 29.5 Å². The van der Waals surface area contributed by atoms with E-state index >= 15 is 0 Å². The van der Waals surface area contributed by atoms with Gasteiger partial charge in [-0.15, -0.1) is 0 Å². The Hall–Kier alpha value is -2.40. The van der Waals surface area contributed by atoms with E-state index in [0.717, 1.165) is 5.56 Å². The first-order valence-corrected chi connectivity index (χ1v) is 8.06. The van der Waals surface area contributed by atoms with E-state index in [0.29, 0.717) is 6.54 Å². The van der Waals surface area contributed by atoms with Crippen molar-refractivity contribution in [2.24, 2.45) is 10.8 Å². The number of benzene rings is 1. The Labute approximate surface area is 160 Å². The lowest BCUT2D eigenvalue weighted by Gasteiger charge is -2.19. The van der Waals surface area contributed by atoms with Crippen molar-refractivity contribution in [1.29, 1.82) is 0 Å². The van der Waals surface area contributed by atoms with Crippen molar-refractivity contribution in [3.05, 3.63) is 34.6 Å². The summed E-state index contributed by atoms with van der Waals surface area (Å²) in [6.07, 6.45) is -4.91. The number of aliphatic carboxylic acids is 3. The van der Waals surface area contributed by atoms with Gasteiger partial charge < -0.3 is 15.3 Å². The zero-order valence-electron chi connectivity index (χ0n) is 14.0. The summed E-state index contributed by atoms with van der Waals surface area (Å²) in [5.41, 5.74) is -1.66. The Bertz CT molecular complexity index is 804. The summed E-state index contributed by atoms with van der Waals surface area (Å²) in [7, 11) is 0. The van der Waals surface area contributed by atoms with Gasteiger partial charge >= 0.3 is 24.1 Å². The van der Waals surface area contributed by atoms with Crippen LogP contribution in [-0.2, 0) is 20.9 Å². The van der Waals surface area contributed by atoms with E-state index in [9.17, 15) is 37.4 Å². The van der Waals surface area contributed by atoms with Gasteiger partial charge in [-0.1, -0.05) is 17.7 Å². The van der Waals surface area contributed by atoms with Crippen LogP contribution in [-0.4, -0.2) is 57.4 Å². The molecule has 0 bridgehead atoms. The lowest BCUT2D eigenvalue weighted by atomic mass is 9.97. The predicted octanol–water partition coefficient (Wildman–Crippen LogP) is 2.47. The van der Waals surface area contributed by atoms with Gasteiger partial charge in [0, 0.05) is 19.6 Å².